The van der Waals surface area contributed by atoms with E-state index in [-0.39, 0.29) is 11.7 Å². The highest BCUT2D eigenvalue weighted by molar-refractivity contribution is 9.10. The maximum Gasteiger partial charge on any atom is 0.129 e. The van der Waals surface area contributed by atoms with Crippen LogP contribution in [0, 0.1) is 13.8 Å². The van der Waals surface area contributed by atoms with E-state index in [1.54, 1.807) is 6.07 Å². The number of aromatic hydroxyl groups is 1. The van der Waals surface area contributed by atoms with Gasteiger partial charge in [0.2, 0.25) is 0 Å². The number of benzene rings is 3. The highest BCUT2D eigenvalue weighted by Gasteiger charge is 2.29. The third-order valence-electron chi connectivity index (χ3n) is 6.78. The number of halogens is 1. The molecule has 4 heteroatoms. The summed E-state index contributed by atoms with van der Waals surface area (Å²) >= 11 is 3.55. The van der Waals surface area contributed by atoms with Crippen LogP contribution in [0.3, 0.4) is 0 Å². The van der Waals surface area contributed by atoms with E-state index in [4.69, 9.17) is 0 Å². The van der Waals surface area contributed by atoms with E-state index in [0.29, 0.717) is 4.47 Å². The molecular weight excluding hydrogens is 448 g/mol. The Morgan fingerprint density at radius 3 is 1.71 bits per heavy atom. The summed E-state index contributed by atoms with van der Waals surface area (Å²) in [5.74, 6) is 0.292. The zero-order chi connectivity index (χ0) is 21.9. The highest BCUT2D eigenvalue weighted by atomic mass is 79.9. The molecule has 5 rings (SSSR count). The first-order valence-corrected chi connectivity index (χ1v) is 11.3. The molecule has 0 bridgehead atoms. The Labute approximate surface area is 190 Å². The number of phenols is 1. The number of rotatable bonds is 3. The van der Waals surface area contributed by atoms with Crippen LogP contribution in [0.1, 0.15) is 34.0 Å². The number of nitrogens with zero attached hydrogens (tertiary/aromatic N) is 2. The van der Waals surface area contributed by atoms with Gasteiger partial charge in [-0.25, -0.2) is 0 Å². The standard InChI is InChI=1S/C27H25BrN2O/c1-16-25(19-9-5-7-11-22(19)29(16)3)27(18-13-14-24(31)21(28)15-18)26-17(2)30(4)23-12-8-6-10-20(23)26/h5-15,27,31H,1-4H3. The monoisotopic (exact) mass is 472 g/mol. The summed E-state index contributed by atoms with van der Waals surface area (Å²) < 4.78 is 5.28. The molecule has 0 radical (unpaired) electrons. The molecule has 0 aliphatic heterocycles. The van der Waals surface area contributed by atoms with Crippen molar-refractivity contribution in [2.75, 3.05) is 0 Å². The minimum absolute atomic E-state index is 0.0362. The van der Waals surface area contributed by atoms with Gasteiger partial charge in [0, 0.05) is 53.2 Å². The molecule has 0 atom stereocenters. The van der Waals surface area contributed by atoms with Gasteiger partial charge in [-0.15, -0.1) is 0 Å². The Morgan fingerprint density at radius 2 is 1.23 bits per heavy atom. The molecule has 0 saturated heterocycles. The molecule has 0 aliphatic rings. The van der Waals surface area contributed by atoms with Gasteiger partial charge in [0.1, 0.15) is 5.75 Å². The van der Waals surface area contributed by atoms with Crippen molar-refractivity contribution in [2.45, 2.75) is 19.8 Å². The van der Waals surface area contributed by atoms with E-state index in [0.717, 1.165) is 5.56 Å². The van der Waals surface area contributed by atoms with Crippen LogP contribution in [-0.4, -0.2) is 14.2 Å². The van der Waals surface area contributed by atoms with E-state index in [1.807, 2.05) is 6.07 Å². The molecule has 3 aromatic carbocycles. The minimum atomic E-state index is 0.0362. The lowest BCUT2D eigenvalue weighted by molar-refractivity contribution is 0.471. The number of aryl methyl sites for hydroxylation is 2. The summed E-state index contributed by atoms with van der Waals surface area (Å²) in [4.78, 5) is 0. The molecule has 156 valence electrons. The van der Waals surface area contributed by atoms with Gasteiger partial charge in [-0.3, -0.25) is 0 Å². The van der Waals surface area contributed by atoms with Gasteiger partial charge in [0.25, 0.3) is 0 Å². The van der Waals surface area contributed by atoms with Gasteiger partial charge < -0.3 is 14.2 Å². The molecule has 2 heterocycles. The predicted molar refractivity (Wildman–Crippen MR) is 132 cm³/mol. The number of para-hydroxylation sites is 2. The fourth-order valence-electron chi connectivity index (χ4n) is 5.01. The van der Waals surface area contributed by atoms with Crippen LogP contribution in [-0.2, 0) is 14.1 Å². The predicted octanol–water partition coefficient (Wildman–Crippen LogP) is 6.94. The smallest absolute Gasteiger partial charge is 0.129 e. The number of fused-ring (bicyclic) bond motifs is 2. The van der Waals surface area contributed by atoms with Crippen LogP contribution in [0.15, 0.2) is 71.2 Å². The molecule has 0 saturated carbocycles. The van der Waals surface area contributed by atoms with Crippen molar-refractivity contribution in [3.05, 3.63) is 99.3 Å². The number of hydrogen-bond donors (Lipinski definition) is 1. The third-order valence-corrected chi connectivity index (χ3v) is 7.41. The lowest BCUT2D eigenvalue weighted by Gasteiger charge is -2.21. The van der Waals surface area contributed by atoms with E-state index in [9.17, 15) is 5.11 Å². The van der Waals surface area contributed by atoms with Crippen LogP contribution < -0.4 is 0 Å². The molecule has 0 amide bonds. The van der Waals surface area contributed by atoms with Crippen LogP contribution in [0.2, 0.25) is 0 Å². The lowest BCUT2D eigenvalue weighted by Crippen LogP contribution is -2.07. The summed E-state index contributed by atoms with van der Waals surface area (Å²) in [5.41, 5.74) is 8.76. The first-order chi connectivity index (χ1) is 14.9. The number of aromatic nitrogens is 2. The summed E-state index contributed by atoms with van der Waals surface area (Å²) in [7, 11) is 4.28. The van der Waals surface area contributed by atoms with Gasteiger partial charge in [-0.05, 0) is 70.7 Å². The largest absolute Gasteiger partial charge is 0.507 e. The van der Waals surface area contributed by atoms with Gasteiger partial charge in [-0.1, -0.05) is 42.5 Å². The quantitative estimate of drug-likeness (QED) is 0.302. The van der Waals surface area contributed by atoms with E-state index in [2.05, 4.69) is 108 Å². The van der Waals surface area contributed by atoms with Crippen molar-refractivity contribution < 1.29 is 5.11 Å². The topological polar surface area (TPSA) is 30.1 Å². The Bertz CT molecular complexity index is 1370. The molecule has 0 aliphatic carbocycles. The highest BCUT2D eigenvalue weighted by Crippen LogP contribution is 2.45. The molecule has 1 N–H and O–H groups in total. The van der Waals surface area contributed by atoms with Crippen molar-refractivity contribution in [3.8, 4) is 5.75 Å². The van der Waals surface area contributed by atoms with Crippen LogP contribution in [0.25, 0.3) is 21.8 Å². The zero-order valence-electron chi connectivity index (χ0n) is 18.1. The second kappa shape index (κ2) is 7.31. The molecule has 0 spiro atoms. The second-order valence-electron chi connectivity index (χ2n) is 8.29. The van der Waals surface area contributed by atoms with Crippen molar-refractivity contribution >= 4 is 37.7 Å². The van der Waals surface area contributed by atoms with Crippen molar-refractivity contribution in [1.82, 2.24) is 9.13 Å². The van der Waals surface area contributed by atoms with Crippen molar-refractivity contribution in [1.29, 1.82) is 0 Å². The minimum Gasteiger partial charge on any atom is -0.507 e. The first kappa shape index (κ1) is 20.0. The Hall–Kier alpha value is -2.98. The van der Waals surface area contributed by atoms with Gasteiger partial charge in [0.15, 0.2) is 0 Å². The van der Waals surface area contributed by atoms with Crippen molar-refractivity contribution in [2.24, 2.45) is 14.1 Å². The molecule has 0 unspecified atom stereocenters. The Morgan fingerprint density at radius 1 is 0.742 bits per heavy atom. The van der Waals surface area contributed by atoms with Gasteiger partial charge in [0.05, 0.1) is 4.47 Å². The van der Waals surface area contributed by atoms with Crippen LogP contribution >= 0.6 is 15.9 Å². The van der Waals surface area contributed by atoms with Gasteiger partial charge in [-0.2, -0.15) is 0 Å². The number of hydrogen-bond acceptors (Lipinski definition) is 1. The average Bonchev–Trinajstić information content (AvgIpc) is 3.18. The second-order valence-corrected chi connectivity index (χ2v) is 9.15. The molecule has 0 fully saturated rings. The van der Waals surface area contributed by atoms with Gasteiger partial charge >= 0.3 is 0 Å². The maximum absolute atomic E-state index is 10.2. The van der Waals surface area contributed by atoms with Crippen molar-refractivity contribution in [3.63, 3.8) is 0 Å². The molecule has 3 nitrogen and oxygen atoms in total. The third kappa shape index (κ3) is 2.93. The van der Waals surface area contributed by atoms with E-state index >= 15 is 0 Å². The summed E-state index contributed by atoms with van der Waals surface area (Å²) in [6.45, 7) is 4.41. The fraction of sp³-hybridized carbons (Fsp3) is 0.185. The lowest BCUT2D eigenvalue weighted by atomic mass is 9.82. The van der Waals surface area contributed by atoms with Crippen LogP contribution in [0.4, 0.5) is 0 Å². The Balaban J connectivity index is 1.93. The number of phenolic OH excluding ortho intramolecular Hbond substituents is 1. The maximum atomic E-state index is 10.2. The van der Waals surface area contributed by atoms with Crippen LogP contribution in [0.5, 0.6) is 5.75 Å². The summed E-state index contributed by atoms with van der Waals surface area (Å²) in [6, 6.07) is 23.1. The normalized spacial score (nSPS) is 11.8. The molecule has 2 aromatic heterocycles. The molecule has 5 aromatic rings. The molecule has 31 heavy (non-hydrogen) atoms. The average molecular weight is 473 g/mol. The Kier molecular flexibility index (Phi) is 4.71. The SMILES string of the molecule is Cc1c(C(c2ccc(O)c(Br)c2)c2c(C)n(C)c3ccccc23)c2ccccc2n1C. The summed E-state index contributed by atoms with van der Waals surface area (Å²) in [5, 5.41) is 12.7. The summed E-state index contributed by atoms with van der Waals surface area (Å²) in [6.07, 6.45) is 0. The van der Waals surface area contributed by atoms with E-state index in [1.165, 1.54) is 44.3 Å². The zero-order valence-corrected chi connectivity index (χ0v) is 19.7. The van der Waals surface area contributed by atoms with E-state index < -0.39 is 0 Å². The first-order valence-electron chi connectivity index (χ1n) is 10.5. The fourth-order valence-corrected chi connectivity index (χ4v) is 5.41. The molecular formula is C27H25BrN2O.